The van der Waals surface area contributed by atoms with Crippen LogP contribution in [0.15, 0.2) is 47.4 Å². The quantitative estimate of drug-likeness (QED) is 0.560. The SMILES string of the molecule is CCN(CC)S(=O)(=O)c1ccc(NC(=O)CNc2ccc(F)c(NC(C)=O)c2)cc1. The van der Waals surface area contributed by atoms with Crippen molar-refractivity contribution in [3.63, 3.8) is 0 Å². The van der Waals surface area contributed by atoms with Gasteiger partial charge in [-0.1, -0.05) is 13.8 Å². The van der Waals surface area contributed by atoms with Crippen LogP contribution in [0.2, 0.25) is 0 Å². The molecule has 2 aromatic carbocycles. The molecule has 10 heteroatoms. The molecule has 0 aromatic heterocycles. The molecule has 0 unspecified atom stereocenters. The number of rotatable bonds is 9. The summed E-state index contributed by atoms with van der Waals surface area (Å²) in [6.45, 7) is 5.44. The summed E-state index contributed by atoms with van der Waals surface area (Å²) in [5, 5.41) is 7.86. The molecule has 2 aromatic rings. The van der Waals surface area contributed by atoms with E-state index in [1.807, 2.05) is 0 Å². The van der Waals surface area contributed by atoms with Gasteiger partial charge in [0.25, 0.3) is 0 Å². The van der Waals surface area contributed by atoms with Gasteiger partial charge >= 0.3 is 0 Å². The number of hydrogen-bond acceptors (Lipinski definition) is 5. The van der Waals surface area contributed by atoms with E-state index in [2.05, 4.69) is 16.0 Å². The molecule has 3 N–H and O–H groups in total. The van der Waals surface area contributed by atoms with Crippen LogP contribution in [-0.4, -0.2) is 44.2 Å². The van der Waals surface area contributed by atoms with E-state index in [-0.39, 0.29) is 23.0 Å². The second-order valence-corrected chi connectivity index (χ2v) is 8.33. The van der Waals surface area contributed by atoms with Gasteiger partial charge in [-0.25, -0.2) is 12.8 Å². The summed E-state index contributed by atoms with van der Waals surface area (Å²) in [5.41, 5.74) is 0.909. The van der Waals surface area contributed by atoms with Gasteiger partial charge in [0.05, 0.1) is 17.1 Å². The lowest BCUT2D eigenvalue weighted by molar-refractivity contribution is -0.115. The monoisotopic (exact) mass is 436 g/mol. The van der Waals surface area contributed by atoms with Gasteiger partial charge in [0, 0.05) is 31.4 Å². The molecule has 8 nitrogen and oxygen atoms in total. The number of sulfonamides is 1. The van der Waals surface area contributed by atoms with Gasteiger partial charge in [-0.15, -0.1) is 0 Å². The molecule has 0 aliphatic carbocycles. The predicted octanol–water partition coefficient (Wildman–Crippen LogP) is 2.87. The number of carbonyl (C=O) groups excluding carboxylic acids is 2. The first-order valence-corrected chi connectivity index (χ1v) is 10.8. The first-order valence-electron chi connectivity index (χ1n) is 9.38. The number of anilines is 3. The van der Waals surface area contributed by atoms with Crippen LogP contribution in [0.25, 0.3) is 0 Å². The summed E-state index contributed by atoms with van der Waals surface area (Å²) in [5.74, 6) is -1.37. The van der Waals surface area contributed by atoms with Crippen molar-refractivity contribution >= 4 is 38.9 Å². The summed E-state index contributed by atoms with van der Waals surface area (Å²) < 4.78 is 40.0. The van der Waals surface area contributed by atoms with Crippen molar-refractivity contribution in [1.82, 2.24) is 4.31 Å². The van der Waals surface area contributed by atoms with E-state index in [0.29, 0.717) is 24.5 Å². The Morgan fingerprint density at radius 3 is 2.13 bits per heavy atom. The van der Waals surface area contributed by atoms with Crippen molar-refractivity contribution in [3.8, 4) is 0 Å². The highest BCUT2D eigenvalue weighted by atomic mass is 32.2. The minimum absolute atomic E-state index is 0.0120. The fraction of sp³-hybridized carbons (Fsp3) is 0.300. The molecule has 0 aliphatic heterocycles. The summed E-state index contributed by atoms with van der Waals surface area (Å²) in [7, 11) is -3.56. The van der Waals surface area contributed by atoms with E-state index in [1.165, 1.54) is 53.7 Å². The number of amides is 2. The van der Waals surface area contributed by atoms with E-state index < -0.39 is 21.7 Å². The Kier molecular flexibility index (Phi) is 7.90. The van der Waals surface area contributed by atoms with Crippen LogP contribution in [0.1, 0.15) is 20.8 Å². The van der Waals surface area contributed by atoms with Crippen LogP contribution < -0.4 is 16.0 Å². The molecule has 0 spiro atoms. The smallest absolute Gasteiger partial charge is 0.243 e. The summed E-state index contributed by atoms with van der Waals surface area (Å²) in [4.78, 5) is 23.4. The number of nitrogens with zero attached hydrogens (tertiary/aromatic N) is 1. The molecular weight excluding hydrogens is 411 g/mol. The lowest BCUT2D eigenvalue weighted by Crippen LogP contribution is -2.30. The van der Waals surface area contributed by atoms with E-state index in [1.54, 1.807) is 13.8 Å². The summed E-state index contributed by atoms with van der Waals surface area (Å²) in [6.07, 6.45) is 0. The lowest BCUT2D eigenvalue weighted by Gasteiger charge is -2.18. The zero-order chi connectivity index (χ0) is 22.3. The number of hydrogen-bond donors (Lipinski definition) is 3. The van der Waals surface area contributed by atoms with Gasteiger partial charge < -0.3 is 16.0 Å². The van der Waals surface area contributed by atoms with E-state index in [9.17, 15) is 22.4 Å². The van der Waals surface area contributed by atoms with Gasteiger partial charge in [0.2, 0.25) is 21.8 Å². The van der Waals surface area contributed by atoms with E-state index >= 15 is 0 Å². The number of nitrogens with one attached hydrogen (secondary N) is 3. The maximum absolute atomic E-state index is 13.7. The topological polar surface area (TPSA) is 108 Å². The lowest BCUT2D eigenvalue weighted by atomic mass is 10.2. The van der Waals surface area contributed by atoms with Crippen molar-refractivity contribution in [2.75, 3.05) is 35.6 Å². The van der Waals surface area contributed by atoms with Crippen LogP contribution in [0.5, 0.6) is 0 Å². The van der Waals surface area contributed by atoms with Crippen LogP contribution >= 0.6 is 0 Å². The van der Waals surface area contributed by atoms with Crippen LogP contribution in [0, 0.1) is 5.82 Å². The molecule has 0 atom stereocenters. The molecule has 0 saturated carbocycles. The standard InChI is InChI=1S/C20H25FN4O4S/c1-4-25(5-2)30(28,29)17-9-6-15(7-10-17)24-20(27)13-22-16-8-11-18(21)19(12-16)23-14(3)26/h6-12,22H,4-5,13H2,1-3H3,(H,23,26)(H,24,27). The molecule has 0 saturated heterocycles. The molecule has 0 aliphatic rings. The minimum atomic E-state index is -3.56. The predicted molar refractivity (Wildman–Crippen MR) is 114 cm³/mol. The van der Waals surface area contributed by atoms with E-state index in [0.717, 1.165) is 0 Å². The average Bonchev–Trinajstić information content (AvgIpc) is 2.69. The molecule has 0 heterocycles. The second kappa shape index (κ2) is 10.2. The Morgan fingerprint density at radius 2 is 1.57 bits per heavy atom. The Labute approximate surface area is 175 Å². The third-order valence-corrected chi connectivity index (χ3v) is 6.28. The molecule has 0 radical (unpaired) electrons. The highest BCUT2D eigenvalue weighted by Crippen LogP contribution is 2.20. The Morgan fingerprint density at radius 1 is 0.967 bits per heavy atom. The molecule has 0 bridgehead atoms. The molecule has 2 amide bonds. The van der Waals surface area contributed by atoms with Gasteiger partial charge in [-0.05, 0) is 42.5 Å². The number of halogens is 1. The normalized spacial score (nSPS) is 11.2. The molecule has 30 heavy (non-hydrogen) atoms. The van der Waals surface area contributed by atoms with Crippen molar-refractivity contribution in [3.05, 3.63) is 48.3 Å². The van der Waals surface area contributed by atoms with Gasteiger partial charge in [-0.3, -0.25) is 9.59 Å². The third kappa shape index (κ3) is 6.01. The van der Waals surface area contributed by atoms with Gasteiger partial charge in [-0.2, -0.15) is 4.31 Å². The molecule has 2 rings (SSSR count). The number of carbonyl (C=O) groups is 2. The fourth-order valence-electron chi connectivity index (χ4n) is 2.73. The molecule has 0 fully saturated rings. The Bertz CT molecular complexity index is 1010. The zero-order valence-corrected chi connectivity index (χ0v) is 17.8. The summed E-state index contributed by atoms with van der Waals surface area (Å²) in [6, 6.07) is 9.92. The first-order chi connectivity index (χ1) is 14.2. The molecule has 162 valence electrons. The fourth-order valence-corrected chi connectivity index (χ4v) is 4.19. The highest BCUT2D eigenvalue weighted by molar-refractivity contribution is 7.89. The average molecular weight is 437 g/mol. The third-order valence-electron chi connectivity index (χ3n) is 4.21. The van der Waals surface area contributed by atoms with Crippen molar-refractivity contribution in [1.29, 1.82) is 0 Å². The maximum Gasteiger partial charge on any atom is 0.243 e. The van der Waals surface area contributed by atoms with Gasteiger partial charge in [0.15, 0.2) is 0 Å². The van der Waals surface area contributed by atoms with Crippen LogP contribution in [-0.2, 0) is 19.6 Å². The van der Waals surface area contributed by atoms with Crippen LogP contribution in [0.3, 0.4) is 0 Å². The Hall–Kier alpha value is -2.98. The van der Waals surface area contributed by atoms with Crippen LogP contribution in [0.4, 0.5) is 21.5 Å². The van der Waals surface area contributed by atoms with Crippen molar-refractivity contribution in [2.24, 2.45) is 0 Å². The maximum atomic E-state index is 13.7. The highest BCUT2D eigenvalue weighted by Gasteiger charge is 2.21. The molecular formula is C20H25FN4O4S. The minimum Gasteiger partial charge on any atom is -0.376 e. The zero-order valence-electron chi connectivity index (χ0n) is 17.0. The van der Waals surface area contributed by atoms with Gasteiger partial charge in [0.1, 0.15) is 5.82 Å². The first kappa shape index (κ1) is 23.3. The summed E-state index contributed by atoms with van der Waals surface area (Å²) >= 11 is 0. The van der Waals surface area contributed by atoms with Crippen molar-refractivity contribution in [2.45, 2.75) is 25.7 Å². The number of benzene rings is 2. The Balaban J connectivity index is 1.98. The van der Waals surface area contributed by atoms with Crippen molar-refractivity contribution < 1.29 is 22.4 Å². The second-order valence-electron chi connectivity index (χ2n) is 6.39. The largest absolute Gasteiger partial charge is 0.376 e. The van der Waals surface area contributed by atoms with E-state index in [4.69, 9.17) is 0 Å².